The van der Waals surface area contributed by atoms with Crippen LogP contribution < -0.4 is 11.1 Å². The molecule has 0 saturated heterocycles. The van der Waals surface area contributed by atoms with Crippen LogP contribution in [0.2, 0.25) is 0 Å². The second kappa shape index (κ2) is 16.4. The Balaban J connectivity index is 0. The zero-order valence-electron chi connectivity index (χ0n) is 11.2. The van der Waals surface area contributed by atoms with Gasteiger partial charge in [0.25, 0.3) is 0 Å². The number of nitrogens with two attached hydrogens (primary N) is 1. The van der Waals surface area contributed by atoms with E-state index in [1.807, 2.05) is 0 Å². The van der Waals surface area contributed by atoms with Gasteiger partial charge in [0.1, 0.15) is 0 Å². The van der Waals surface area contributed by atoms with E-state index in [9.17, 15) is 0 Å². The summed E-state index contributed by atoms with van der Waals surface area (Å²) >= 11 is 4.73. The Hall–Kier alpha value is 0.420. The molecule has 0 heterocycles. The predicted molar refractivity (Wildman–Crippen MR) is 92.0 cm³/mol. The Kier molecular flexibility index (Phi) is 19.1. The summed E-state index contributed by atoms with van der Waals surface area (Å²) in [6.45, 7) is 3.20. The maximum Gasteiger partial charge on any atom is 0.163 e. The van der Waals surface area contributed by atoms with Gasteiger partial charge >= 0.3 is 0 Å². The summed E-state index contributed by atoms with van der Waals surface area (Å²) in [5.41, 5.74) is 5.33. The van der Waals surface area contributed by atoms with Crippen LogP contribution in [0.15, 0.2) is 0 Å². The highest BCUT2D eigenvalue weighted by Gasteiger charge is 1.92. The van der Waals surface area contributed by atoms with Crippen LogP contribution in [0.25, 0.3) is 0 Å². The number of hydrogen-bond acceptors (Lipinski definition) is 1. The molecule has 0 aromatic rings. The first kappa shape index (κ1) is 19.8. The number of halogens is 1. The molecule has 0 amide bonds. The molecule has 0 aromatic carbocycles. The zero-order valence-corrected chi connectivity index (χ0v) is 14.3. The lowest BCUT2D eigenvalue weighted by Crippen LogP contribution is -2.29. The van der Waals surface area contributed by atoms with Crippen molar-refractivity contribution in [3.05, 3.63) is 0 Å². The summed E-state index contributed by atoms with van der Waals surface area (Å²) < 4.78 is 0. The van der Waals surface area contributed by atoms with Gasteiger partial charge in [0.15, 0.2) is 5.11 Å². The normalized spacial score (nSPS) is 9.71. The van der Waals surface area contributed by atoms with E-state index in [4.69, 9.17) is 18.0 Å². The summed E-state index contributed by atoms with van der Waals surface area (Å²) in [5, 5.41) is 3.41. The average molecular weight is 372 g/mol. The average Bonchev–Trinajstić information content (AvgIpc) is 2.25. The van der Waals surface area contributed by atoms with E-state index in [0.29, 0.717) is 5.11 Å². The quantitative estimate of drug-likeness (QED) is 0.322. The van der Waals surface area contributed by atoms with Crippen molar-refractivity contribution >= 4 is 41.3 Å². The molecule has 0 rings (SSSR count). The van der Waals surface area contributed by atoms with E-state index in [-0.39, 0.29) is 24.0 Å². The second-order valence-electron chi connectivity index (χ2n) is 4.47. The minimum Gasteiger partial charge on any atom is -0.376 e. The van der Waals surface area contributed by atoms with Crippen LogP contribution in [0.3, 0.4) is 0 Å². The Morgan fingerprint density at radius 3 is 1.71 bits per heavy atom. The molecule has 0 aliphatic heterocycles. The minimum absolute atomic E-state index is 0. The smallest absolute Gasteiger partial charge is 0.163 e. The zero-order chi connectivity index (χ0) is 12.1. The van der Waals surface area contributed by atoms with Gasteiger partial charge < -0.3 is 11.1 Å². The Labute approximate surface area is 130 Å². The monoisotopic (exact) mass is 372 g/mol. The molecule has 3 N–H and O–H groups in total. The molecule has 0 aliphatic rings. The molecular weight excluding hydrogens is 343 g/mol. The second-order valence-corrected chi connectivity index (χ2v) is 4.91. The van der Waals surface area contributed by atoms with Gasteiger partial charge in [-0.3, -0.25) is 0 Å². The number of thiocarbonyl (C=S) groups is 1. The summed E-state index contributed by atoms with van der Waals surface area (Å²) in [6, 6.07) is 0. The van der Waals surface area contributed by atoms with Crippen LogP contribution in [-0.4, -0.2) is 11.7 Å². The van der Waals surface area contributed by atoms with E-state index in [2.05, 4.69) is 12.2 Å². The third-order valence-corrected chi connectivity index (χ3v) is 2.97. The third-order valence-electron chi connectivity index (χ3n) is 2.83. The van der Waals surface area contributed by atoms with Crippen LogP contribution in [0.5, 0.6) is 0 Å². The highest BCUT2D eigenvalue weighted by Crippen LogP contribution is 2.10. The first-order valence-electron chi connectivity index (χ1n) is 6.80. The molecule has 0 atom stereocenters. The molecule has 17 heavy (non-hydrogen) atoms. The molecule has 0 unspecified atom stereocenters. The fourth-order valence-corrected chi connectivity index (χ4v) is 1.93. The summed E-state index contributed by atoms with van der Waals surface area (Å²) in [4.78, 5) is 0. The van der Waals surface area contributed by atoms with Crippen molar-refractivity contribution in [2.45, 2.75) is 71.1 Å². The highest BCUT2D eigenvalue weighted by atomic mass is 127. The Bertz CT molecular complexity index is 165. The van der Waals surface area contributed by atoms with Gasteiger partial charge in [0.2, 0.25) is 0 Å². The van der Waals surface area contributed by atoms with Crippen molar-refractivity contribution in [2.24, 2.45) is 5.73 Å². The Morgan fingerprint density at radius 2 is 1.29 bits per heavy atom. The van der Waals surface area contributed by atoms with Crippen LogP contribution in [0.1, 0.15) is 71.1 Å². The van der Waals surface area contributed by atoms with E-state index in [0.717, 1.165) is 6.54 Å². The first-order chi connectivity index (χ1) is 7.77. The summed E-state index contributed by atoms with van der Waals surface area (Å²) in [7, 11) is 0. The van der Waals surface area contributed by atoms with Gasteiger partial charge in [-0.25, -0.2) is 0 Å². The molecule has 104 valence electrons. The third kappa shape index (κ3) is 19.0. The highest BCUT2D eigenvalue weighted by molar-refractivity contribution is 14.0. The fourth-order valence-electron chi connectivity index (χ4n) is 1.82. The molecule has 0 aromatic heterocycles. The Morgan fingerprint density at radius 1 is 0.882 bits per heavy atom. The van der Waals surface area contributed by atoms with E-state index in [1.54, 1.807) is 0 Å². The lowest BCUT2D eigenvalue weighted by Gasteiger charge is -2.03. The predicted octanol–water partition coefficient (Wildman–Crippen LogP) is 4.36. The van der Waals surface area contributed by atoms with Crippen molar-refractivity contribution in [2.75, 3.05) is 6.54 Å². The SMILES string of the molecule is CCCCCCCCCCCCNC(N)=S.I. The van der Waals surface area contributed by atoms with E-state index < -0.39 is 0 Å². The molecular formula is C13H29IN2S. The molecule has 2 nitrogen and oxygen atoms in total. The van der Waals surface area contributed by atoms with Crippen molar-refractivity contribution in [3.8, 4) is 0 Å². The van der Waals surface area contributed by atoms with Gasteiger partial charge in [0.05, 0.1) is 0 Å². The lowest BCUT2D eigenvalue weighted by atomic mass is 10.1. The summed E-state index contributed by atoms with van der Waals surface area (Å²) in [6.07, 6.45) is 13.7. The fraction of sp³-hybridized carbons (Fsp3) is 0.923. The van der Waals surface area contributed by atoms with Crippen LogP contribution in [0, 0.1) is 0 Å². The van der Waals surface area contributed by atoms with Crippen molar-refractivity contribution in [1.29, 1.82) is 0 Å². The number of rotatable bonds is 11. The van der Waals surface area contributed by atoms with Gasteiger partial charge in [0, 0.05) is 6.54 Å². The van der Waals surface area contributed by atoms with Crippen molar-refractivity contribution < 1.29 is 0 Å². The molecule has 0 radical (unpaired) electrons. The largest absolute Gasteiger partial charge is 0.376 e. The standard InChI is InChI=1S/C13H28N2S.HI/c1-2-3-4-5-6-7-8-9-10-11-12-15-13(14)16;/h2-12H2,1H3,(H3,14,15,16);1H. The molecule has 0 aliphatic carbocycles. The topological polar surface area (TPSA) is 38.0 Å². The molecule has 0 spiro atoms. The van der Waals surface area contributed by atoms with E-state index in [1.165, 1.54) is 64.2 Å². The summed E-state index contributed by atoms with van der Waals surface area (Å²) in [5.74, 6) is 0. The van der Waals surface area contributed by atoms with Gasteiger partial charge in [-0.05, 0) is 18.6 Å². The van der Waals surface area contributed by atoms with Gasteiger partial charge in [-0.15, -0.1) is 24.0 Å². The van der Waals surface area contributed by atoms with Gasteiger partial charge in [-0.2, -0.15) is 0 Å². The van der Waals surface area contributed by atoms with Gasteiger partial charge in [-0.1, -0.05) is 64.7 Å². The molecule has 0 saturated carbocycles. The van der Waals surface area contributed by atoms with Crippen molar-refractivity contribution in [3.63, 3.8) is 0 Å². The number of unbranched alkanes of at least 4 members (excludes halogenated alkanes) is 9. The maximum absolute atomic E-state index is 5.33. The number of nitrogens with one attached hydrogen (secondary N) is 1. The molecule has 0 fully saturated rings. The minimum atomic E-state index is 0. The van der Waals surface area contributed by atoms with Crippen LogP contribution in [-0.2, 0) is 0 Å². The van der Waals surface area contributed by atoms with Crippen LogP contribution in [0.4, 0.5) is 0 Å². The first-order valence-corrected chi connectivity index (χ1v) is 7.21. The van der Waals surface area contributed by atoms with E-state index >= 15 is 0 Å². The lowest BCUT2D eigenvalue weighted by molar-refractivity contribution is 0.555. The van der Waals surface area contributed by atoms with Crippen LogP contribution >= 0.6 is 36.2 Å². The molecule has 4 heteroatoms. The maximum atomic E-state index is 5.33. The number of hydrogen-bond donors (Lipinski definition) is 2. The van der Waals surface area contributed by atoms with Crippen molar-refractivity contribution in [1.82, 2.24) is 5.32 Å². The molecule has 0 bridgehead atoms.